The van der Waals surface area contributed by atoms with E-state index in [1.807, 2.05) is 6.92 Å². The van der Waals surface area contributed by atoms with Gasteiger partial charge in [0.15, 0.2) is 0 Å². The van der Waals surface area contributed by atoms with Crippen LogP contribution >= 0.6 is 11.8 Å². The van der Waals surface area contributed by atoms with Gasteiger partial charge in [-0.25, -0.2) is 4.98 Å². The van der Waals surface area contributed by atoms with E-state index in [0.29, 0.717) is 6.04 Å². The number of hydrogen-bond acceptors (Lipinski definition) is 4. The fourth-order valence-electron chi connectivity index (χ4n) is 2.12. The van der Waals surface area contributed by atoms with Gasteiger partial charge < -0.3 is 5.32 Å². The lowest BCUT2D eigenvalue weighted by Crippen LogP contribution is -2.21. The van der Waals surface area contributed by atoms with Crippen LogP contribution in [-0.4, -0.2) is 21.7 Å². The van der Waals surface area contributed by atoms with Crippen LogP contribution in [-0.2, 0) is 0 Å². The second kappa shape index (κ2) is 7.45. The second-order valence-electron chi connectivity index (χ2n) is 4.76. The fraction of sp³-hybridized carbons (Fsp3) is 0.467. The third kappa shape index (κ3) is 3.84. The maximum absolute atomic E-state index is 4.37. The molecule has 1 aromatic heterocycles. The van der Waals surface area contributed by atoms with E-state index in [1.165, 1.54) is 10.5 Å². The van der Waals surface area contributed by atoms with Gasteiger partial charge in [-0.1, -0.05) is 32.0 Å². The molecule has 1 atom stereocenters. The van der Waals surface area contributed by atoms with Crippen molar-refractivity contribution in [2.75, 3.05) is 6.54 Å². The molecule has 0 aliphatic heterocycles. The van der Waals surface area contributed by atoms with Crippen LogP contribution in [0.3, 0.4) is 0 Å². The molecule has 5 heteroatoms. The zero-order chi connectivity index (χ0) is 14.4. The lowest BCUT2D eigenvalue weighted by molar-refractivity contribution is 0.512. The first-order valence-electron chi connectivity index (χ1n) is 7.13. The molecule has 0 saturated heterocycles. The predicted molar refractivity (Wildman–Crippen MR) is 83.0 cm³/mol. The highest BCUT2D eigenvalue weighted by molar-refractivity contribution is 7.99. The van der Waals surface area contributed by atoms with E-state index in [2.05, 4.69) is 58.6 Å². The van der Waals surface area contributed by atoms with Crippen LogP contribution in [0.5, 0.6) is 0 Å². The van der Waals surface area contributed by atoms with Crippen molar-refractivity contribution in [2.45, 2.75) is 49.7 Å². The average molecular weight is 290 g/mol. The summed E-state index contributed by atoms with van der Waals surface area (Å²) in [5, 5.41) is 11.5. The number of rotatable bonds is 7. The standard InChI is InChI=1S/C15H22N4S/c1-4-10-16-13(5-2)12-8-6-7-9-14(12)20-15-17-11(3)18-19-15/h6-9,13,16H,4-5,10H2,1-3H3,(H,17,18,19). The van der Waals surface area contributed by atoms with E-state index in [-0.39, 0.29) is 0 Å². The number of aryl methyl sites for hydroxylation is 1. The molecule has 1 aromatic carbocycles. The third-order valence-electron chi connectivity index (χ3n) is 3.12. The molecule has 20 heavy (non-hydrogen) atoms. The molecule has 0 amide bonds. The summed E-state index contributed by atoms with van der Waals surface area (Å²) >= 11 is 1.62. The van der Waals surface area contributed by atoms with E-state index in [0.717, 1.165) is 30.4 Å². The largest absolute Gasteiger partial charge is 0.310 e. The van der Waals surface area contributed by atoms with E-state index in [1.54, 1.807) is 11.8 Å². The Labute approximate surface area is 124 Å². The summed E-state index contributed by atoms with van der Waals surface area (Å²) in [7, 11) is 0. The quantitative estimate of drug-likeness (QED) is 0.816. The van der Waals surface area contributed by atoms with Gasteiger partial charge in [-0.15, -0.1) is 5.10 Å². The van der Waals surface area contributed by atoms with Crippen LogP contribution in [0.25, 0.3) is 0 Å². The highest BCUT2D eigenvalue weighted by Gasteiger charge is 2.14. The summed E-state index contributed by atoms with van der Waals surface area (Å²) < 4.78 is 0. The van der Waals surface area contributed by atoms with Gasteiger partial charge >= 0.3 is 0 Å². The smallest absolute Gasteiger partial charge is 0.213 e. The summed E-state index contributed by atoms with van der Waals surface area (Å²) in [5.74, 6) is 0.848. The van der Waals surface area contributed by atoms with Crippen molar-refractivity contribution in [3.8, 4) is 0 Å². The number of hydrogen-bond donors (Lipinski definition) is 2. The van der Waals surface area contributed by atoms with Crippen LogP contribution < -0.4 is 5.32 Å². The lowest BCUT2D eigenvalue weighted by Gasteiger charge is -2.19. The van der Waals surface area contributed by atoms with Gasteiger partial charge in [0.25, 0.3) is 0 Å². The molecule has 1 unspecified atom stereocenters. The van der Waals surface area contributed by atoms with Gasteiger partial charge in [0.05, 0.1) is 0 Å². The van der Waals surface area contributed by atoms with Crippen molar-refractivity contribution >= 4 is 11.8 Å². The Balaban J connectivity index is 2.20. The molecule has 108 valence electrons. The Hall–Kier alpha value is -1.33. The number of aromatic nitrogens is 3. The Morgan fingerprint density at radius 3 is 2.75 bits per heavy atom. The molecule has 0 bridgehead atoms. The van der Waals surface area contributed by atoms with E-state index in [9.17, 15) is 0 Å². The summed E-state index contributed by atoms with van der Waals surface area (Å²) in [6, 6.07) is 8.89. The first-order valence-corrected chi connectivity index (χ1v) is 7.95. The van der Waals surface area contributed by atoms with E-state index in [4.69, 9.17) is 0 Å². The van der Waals surface area contributed by atoms with Crippen molar-refractivity contribution in [3.63, 3.8) is 0 Å². The molecular weight excluding hydrogens is 268 g/mol. The van der Waals surface area contributed by atoms with E-state index < -0.39 is 0 Å². The summed E-state index contributed by atoms with van der Waals surface area (Å²) in [6.07, 6.45) is 2.22. The van der Waals surface area contributed by atoms with Gasteiger partial charge in [0, 0.05) is 10.9 Å². The van der Waals surface area contributed by atoms with Gasteiger partial charge in [-0.2, -0.15) is 0 Å². The molecule has 2 aromatic rings. The normalized spacial score (nSPS) is 12.6. The van der Waals surface area contributed by atoms with Gasteiger partial charge in [-0.3, -0.25) is 5.10 Å². The monoisotopic (exact) mass is 290 g/mol. The lowest BCUT2D eigenvalue weighted by atomic mass is 10.0. The molecule has 0 spiro atoms. The maximum atomic E-state index is 4.37. The minimum Gasteiger partial charge on any atom is -0.310 e. The fourth-order valence-corrected chi connectivity index (χ4v) is 3.07. The number of nitrogens with zero attached hydrogens (tertiary/aromatic N) is 2. The highest BCUT2D eigenvalue weighted by atomic mass is 32.2. The Morgan fingerprint density at radius 2 is 2.10 bits per heavy atom. The van der Waals surface area contributed by atoms with Crippen LogP contribution in [0.1, 0.15) is 44.1 Å². The number of aromatic amines is 1. The molecule has 2 N–H and O–H groups in total. The van der Waals surface area contributed by atoms with Crippen molar-refractivity contribution in [3.05, 3.63) is 35.7 Å². The molecule has 0 radical (unpaired) electrons. The van der Waals surface area contributed by atoms with Crippen LogP contribution in [0.15, 0.2) is 34.3 Å². The highest BCUT2D eigenvalue weighted by Crippen LogP contribution is 2.32. The topological polar surface area (TPSA) is 53.6 Å². The number of nitrogens with one attached hydrogen (secondary N) is 2. The summed E-state index contributed by atoms with van der Waals surface area (Å²) in [4.78, 5) is 5.59. The zero-order valence-corrected chi connectivity index (χ0v) is 13.1. The molecule has 0 fully saturated rings. The van der Waals surface area contributed by atoms with Crippen LogP contribution in [0, 0.1) is 6.92 Å². The van der Waals surface area contributed by atoms with Crippen molar-refractivity contribution in [1.82, 2.24) is 20.5 Å². The molecular formula is C15H22N4S. The van der Waals surface area contributed by atoms with Crippen LogP contribution in [0.4, 0.5) is 0 Å². The molecule has 1 heterocycles. The van der Waals surface area contributed by atoms with Crippen LogP contribution in [0.2, 0.25) is 0 Å². The Bertz CT molecular complexity index is 538. The number of H-pyrrole nitrogens is 1. The summed E-state index contributed by atoms with van der Waals surface area (Å²) in [6.45, 7) is 7.36. The average Bonchev–Trinajstić information content (AvgIpc) is 2.86. The molecule has 0 aliphatic rings. The van der Waals surface area contributed by atoms with Gasteiger partial charge in [0.1, 0.15) is 5.82 Å². The second-order valence-corrected chi connectivity index (χ2v) is 5.77. The molecule has 4 nitrogen and oxygen atoms in total. The van der Waals surface area contributed by atoms with Gasteiger partial charge in [-0.05, 0) is 49.7 Å². The molecule has 0 aliphatic carbocycles. The molecule has 2 rings (SSSR count). The number of benzene rings is 1. The first-order chi connectivity index (χ1) is 9.74. The SMILES string of the molecule is CCCNC(CC)c1ccccc1Sc1n[nH]c(C)n1. The zero-order valence-electron chi connectivity index (χ0n) is 12.3. The van der Waals surface area contributed by atoms with Crippen molar-refractivity contribution < 1.29 is 0 Å². The van der Waals surface area contributed by atoms with Crippen molar-refractivity contribution in [1.29, 1.82) is 0 Å². The predicted octanol–water partition coefficient (Wildman–Crippen LogP) is 3.72. The van der Waals surface area contributed by atoms with Gasteiger partial charge in [0.2, 0.25) is 5.16 Å². The Morgan fingerprint density at radius 1 is 1.30 bits per heavy atom. The maximum Gasteiger partial charge on any atom is 0.213 e. The minimum absolute atomic E-state index is 0.388. The molecule has 0 saturated carbocycles. The summed E-state index contributed by atoms with van der Waals surface area (Å²) in [5.41, 5.74) is 1.33. The third-order valence-corrected chi connectivity index (χ3v) is 4.08. The minimum atomic E-state index is 0.388. The Kier molecular flexibility index (Phi) is 5.61. The first kappa shape index (κ1) is 15.1. The van der Waals surface area contributed by atoms with E-state index >= 15 is 0 Å². The van der Waals surface area contributed by atoms with Crippen molar-refractivity contribution in [2.24, 2.45) is 0 Å².